The van der Waals surface area contributed by atoms with Gasteiger partial charge in [-0.25, -0.2) is 9.59 Å². The van der Waals surface area contributed by atoms with Crippen molar-refractivity contribution >= 4 is 12.1 Å². The maximum Gasteiger partial charge on any atom is 0.410 e. The van der Waals surface area contributed by atoms with Gasteiger partial charge in [0.1, 0.15) is 5.60 Å². The van der Waals surface area contributed by atoms with Crippen LogP contribution in [0.25, 0.3) is 0 Å². The lowest BCUT2D eigenvalue weighted by Gasteiger charge is -2.33. The van der Waals surface area contributed by atoms with Crippen LogP contribution in [0.1, 0.15) is 53.4 Å². The molecule has 2 N–H and O–H groups in total. The minimum atomic E-state index is -0.467. The molecule has 1 aliphatic heterocycles. The van der Waals surface area contributed by atoms with Gasteiger partial charge in [0, 0.05) is 25.7 Å². The molecule has 0 spiro atoms. The SMILES string of the molecule is CCCCNC(=O)NC1CCN(C(=O)OC(C)(C)C)CC1. The molecule has 1 aliphatic rings. The Balaban J connectivity index is 2.26. The number of hydrogen-bond acceptors (Lipinski definition) is 3. The number of likely N-dealkylation sites (tertiary alicyclic amines) is 1. The fourth-order valence-corrected chi connectivity index (χ4v) is 2.15. The Kier molecular flexibility index (Phi) is 6.78. The monoisotopic (exact) mass is 299 g/mol. The number of piperidine rings is 1. The average Bonchev–Trinajstić information content (AvgIpc) is 2.38. The van der Waals surface area contributed by atoms with Crippen molar-refractivity contribution in [1.82, 2.24) is 15.5 Å². The van der Waals surface area contributed by atoms with Crippen LogP contribution >= 0.6 is 0 Å². The lowest BCUT2D eigenvalue weighted by Crippen LogP contribution is -2.50. The van der Waals surface area contributed by atoms with E-state index in [1.165, 1.54) is 0 Å². The van der Waals surface area contributed by atoms with Crippen molar-refractivity contribution in [3.05, 3.63) is 0 Å². The molecule has 1 saturated heterocycles. The molecule has 0 atom stereocenters. The summed E-state index contributed by atoms with van der Waals surface area (Å²) < 4.78 is 5.35. The fourth-order valence-electron chi connectivity index (χ4n) is 2.15. The van der Waals surface area contributed by atoms with E-state index in [1.54, 1.807) is 4.90 Å². The van der Waals surface area contributed by atoms with Gasteiger partial charge in [-0.2, -0.15) is 0 Å². The van der Waals surface area contributed by atoms with Gasteiger partial charge in [0.2, 0.25) is 0 Å². The molecule has 21 heavy (non-hydrogen) atoms. The minimum Gasteiger partial charge on any atom is -0.444 e. The van der Waals surface area contributed by atoms with Crippen molar-refractivity contribution in [1.29, 1.82) is 0 Å². The molecule has 1 rings (SSSR count). The zero-order valence-electron chi connectivity index (χ0n) is 13.7. The van der Waals surface area contributed by atoms with E-state index in [9.17, 15) is 9.59 Å². The molecule has 1 heterocycles. The van der Waals surface area contributed by atoms with Crippen LogP contribution in [0.4, 0.5) is 9.59 Å². The first kappa shape index (κ1) is 17.6. The topological polar surface area (TPSA) is 70.7 Å². The predicted molar refractivity (Wildman–Crippen MR) is 82.3 cm³/mol. The molecule has 0 saturated carbocycles. The van der Waals surface area contributed by atoms with Gasteiger partial charge in [-0.15, -0.1) is 0 Å². The fraction of sp³-hybridized carbons (Fsp3) is 0.867. The summed E-state index contributed by atoms with van der Waals surface area (Å²) in [5, 5.41) is 5.80. The molecule has 122 valence electrons. The highest BCUT2D eigenvalue weighted by atomic mass is 16.6. The van der Waals surface area contributed by atoms with E-state index in [1.807, 2.05) is 20.8 Å². The summed E-state index contributed by atoms with van der Waals surface area (Å²) in [6, 6.07) is 0.0180. The quantitative estimate of drug-likeness (QED) is 0.783. The van der Waals surface area contributed by atoms with E-state index < -0.39 is 5.60 Å². The number of ether oxygens (including phenoxy) is 1. The Hall–Kier alpha value is -1.46. The highest BCUT2D eigenvalue weighted by Gasteiger charge is 2.27. The summed E-state index contributed by atoms with van der Waals surface area (Å²) in [5.74, 6) is 0. The standard InChI is InChI=1S/C15H29N3O3/c1-5-6-9-16-13(19)17-12-7-10-18(11-8-12)14(20)21-15(2,3)4/h12H,5-11H2,1-4H3,(H2,16,17,19). The molecule has 0 unspecified atom stereocenters. The molecule has 0 aromatic rings. The third-order valence-corrected chi connectivity index (χ3v) is 3.30. The van der Waals surface area contributed by atoms with Gasteiger partial charge in [-0.1, -0.05) is 13.3 Å². The van der Waals surface area contributed by atoms with Gasteiger partial charge in [-0.05, 0) is 40.0 Å². The molecular weight excluding hydrogens is 270 g/mol. The Labute approximate surface area is 127 Å². The smallest absolute Gasteiger partial charge is 0.410 e. The van der Waals surface area contributed by atoms with Crippen molar-refractivity contribution in [3.63, 3.8) is 0 Å². The van der Waals surface area contributed by atoms with E-state index in [-0.39, 0.29) is 18.2 Å². The molecule has 6 heteroatoms. The highest BCUT2D eigenvalue weighted by Crippen LogP contribution is 2.15. The zero-order valence-corrected chi connectivity index (χ0v) is 13.7. The largest absolute Gasteiger partial charge is 0.444 e. The second-order valence-electron chi connectivity index (χ2n) is 6.50. The van der Waals surface area contributed by atoms with Gasteiger partial charge in [0.05, 0.1) is 0 Å². The van der Waals surface area contributed by atoms with Crippen molar-refractivity contribution < 1.29 is 14.3 Å². The molecule has 3 amide bonds. The van der Waals surface area contributed by atoms with Crippen LogP contribution in [-0.4, -0.2) is 48.3 Å². The Morgan fingerprint density at radius 1 is 1.24 bits per heavy atom. The number of amides is 3. The van der Waals surface area contributed by atoms with Crippen molar-refractivity contribution in [2.24, 2.45) is 0 Å². The second-order valence-corrected chi connectivity index (χ2v) is 6.50. The van der Waals surface area contributed by atoms with E-state index in [2.05, 4.69) is 17.6 Å². The van der Waals surface area contributed by atoms with Crippen LogP contribution in [0.2, 0.25) is 0 Å². The van der Waals surface area contributed by atoms with Crippen LogP contribution in [0.15, 0.2) is 0 Å². The van der Waals surface area contributed by atoms with Crippen LogP contribution in [0, 0.1) is 0 Å². The molecule has 0 bridgehead atoms. The number of urea groups is 1. The summed E-state index contributed by atoms with van der Waals surface area (Å²) in [5.41, 5.74) is -0.467. The molecule has 0 radical (unpaired) electrons. The third kappa shape index (κ3) is 7.20. The van der Waals surface area contributed by atoms with Crippen molar-refractivity contribution in [2.75, 3.05) is 19.6 Å². The number of hydrogen-bond donors (Lipinski definition) is 2. The predicted octanol–water partition coefficient (Wildman–Crippen LogP) is 2.49. The number of unbranched alkanes of at least 4 members (excludes halogenated alkanes) is 1. The third-order valence-electron chi connectivity index (χ3n) is 3.30. The molecule has 0 aromatic carbocycles. The Bertz CT molecular complexity index is 345. The van der Waals surface area contributed by atoms with E-state index in [4.69, 9.17) is 4.74 Å². The van der Waals surface area contributed by atoms with Crippen LogP contribution < -0.4 is 10.6 Å². The van der Waals surface area contributed by atoms with Gasteiger partial charge >= 0.3 is 12.1 Å². The summed E-state index contributed by atoms with van der Waals surface area (Å²) >= 11 is 0. The molecule has 0 aliphatic carbocycles. The number of carbonyl (C=O) groups is 2. The summed E-state index contributed by atoms with van der Waals surface area (Å²) in [6.45, 7) is 9.62. The van der Waals surface area contributed by atoms with E-state index in [0.29, 0.717) is 19.6 Å². The number of carbonyl (C=O) groups excluding carboxylic acids is 2. The Morgan fingerprint density at radius 3 is 2.38 bits per heavy atom. The first-order valence-corrected chi connectivity index (χ1v) is 7.84. The molecule has 1 fully saturated rings. The van der Waals surface area contributed by atoms with Crippen LogP contribution in [-0.2, 0) is 4.74 Å². The highest BCUT2D eigenvalue weighted by molar-refractivity contribution is 5.74. The first-order chi connectivity index (χ1) is 9.81. The maximum atomic E-state index is 11.9. The molecular formula is C15H29N3O3. The van der Waals surface area contributed by atoms with Crippen molar-refractivity contribution in [2.45, 2.75) is 65.0 Å². The van der Waals surface area contributed by atoms with Crippen molar-refractivity contribution in [3.8, 4) is 0 Å². The van der Waals surface area contributed by atoms with Gasteiger partial charge in [-0.3, -0.25) is 0 Å². The normalized spacial score (nSPS) is 16.5. The number of nitrogens with zero attached hydrogens (tertiary/aromatic N) is 1. The number of nitrogens with one attached hydrogen (secondary N) is 2. The van der Waals surface area contributed by atoms with Crippen LogP contribution in [0.5, 0.6) is 0 Å². The second kappa shape index (κ2) is 8.10. The summed E-state index contributed by atoms with van der Waals surface area (Å²) in [4.78, 5) is 25.3. The zero-order chi connectivity index (χ0) is 15.9. The summed E-state index contributed by atoms with van der Waals surface area (Å²) in [7, 11) is 0. The number of rotatable bonds is 4. The van der Waals surface area contributed by atoms with Crippen LogP contribution in [0.3, 0.4) is 0 Å². The minimum absolute atomic E-state index is 0.112. The molecule has 6 nitrogen and oxygen atoms in total. The van der Waals surface area contributed by atoms with Gasteiger partial charge in [0.15, 0.2) is 0 Å². The first-order valence-electron chi connectivity index (χ1n) is 7.84. The average molecular weight is 299 g/mol. The lowest BCUT2D eigenvalue weighted by molar-refractivity contribution is 0.0201. The molecule has 0 aromatic heterocycles. The van der Waals surface area contributed by atoms with E-state index >= 15 is 0 Å². The van der Waals surface area contributed by atoms with E-state index in [0.717, 1.165) is 25.7 Å². The summed E-state index contributed by atoms with van der Waals surface area (Å²) in [6.07, 6.45) is 3.31. The Morgan fingerprint density at radius 2 is 1.86 bits per heavy atom. The van der Waals surface area contributed by atoms with Gasteiger partial charge < -0.3 is 20.3 Å². The lowest BCUT2D eigenvalue weighted by atomic mass is 10.1. The van der Waals surface area contributed by atoms with Gasteiger partial charge in [0.25, 0.3) is 0 Å². The maximum absolute atomic E-state index is 11.9.